The van der Waals surface area contributed by atoms with E-state index in [1.165, 1.54) is 36.6 Å². The van der Waals surface area contributed by atoms with E-state index in [1.54, 1.807) is 16.8 Å². The highest BCUT2D eigenvalue weighted by atomic mass is 32.1. The molecule has 2 amide bonds. The highest BCUT2D eigenvalue weighted by molar-refractivity contribution is 7.08. The van der Waals surface area contributed by atoms with Gasteiger partial charge in [-0.15, -0.1) is 0 Å². The highest BCUT2D eigenvalue weighted by Crippen LogP contribution is 2.31. The summed E-state index contributed by atoms with van der Waals surface area (Å²) in [5.74, 6) is -0.688. The minimum absolute atomic E-state index is 0.0347. The molecule has 0 saturated heterocycles. The van der Waals surface area contributed by atoms with Crippen molar-refractivity contribution in [2.75, 3.05) is 19.0 Å². The highest BCUT2D eigenvalue weighted by Gasteiger charge is 2.13. The standard InChI is InChI=1S/C16H16F2N2O4S/c1-23-12-3-2-11(8-13(12)24-16(17)18)20-14(21)4-6-19-15(22)10-5-7-25-9-10/h2-3,5,7-9,16H,4,6H2,1H3,(H,19,22)(H,20,21). The molecule has 2 rings (SSSR count). The fourth-order valence-electron chi connectivity index (χ4n) is 1.95. The number of carbonyl (C=O) groups is 2. The Morgan fingerprint density at radius 3 is 2.68 bits per heavy atom. The monoisotopic (exact) mass is 370 g/mol. The topological polar surface area (TPSA) is 76.7 Å². The SMILES string of the molecule is COc1ccc(NC(=O)CCNC(=O)c2ccsc2)cc1OC(F)F. The molecule has 134 valence electrons. The largest absolute Gasteiger partial charge is 0.493 e. The van der Waals surface area contributed by atoms with Crippen molar-refractivity contribution in [1.82, 2.24) is 5.32 Å². The first kappa shape index (κ1) is 18.7. The molecule has 0 aliphatic rings. The van der Waals surface area contributed by atoms with Crippen molar-refractivity contribution in [3.8, 4) is 11.5 Å². The van der Waals surface area contributed by atoms with E-state index >= 15 is 0 Å². The van der Waals surface area contributed by atoms with Gasteiger partial charge in [-0.2, -0.15) is 20.1 Å². The maximum atomic E-state index is 12.4. The third-order valence-electron chi connectivity index (χ3n) is 3.08. The second-order valence-electron chi connectivity index (χ2n) is 4.81. The molecule has 25 heavy (non-hydrogen) atoms. The molecule has 0 aliphatic carbocycles. The van der Waals surface area contributed by atoms with Gasteiger partial charge in [0.05, 0.1) is 7.11 Å². The van der Waals surface area contributed by atoms with Crippen LogP contribution in [0.4, 0.5) is 14.5 Å². The van der Waals surface area contributed by atoms with Crippen molar-refractivity contribution < 1.29 is 27.8 Å². The minimum Gasteiger partial charge on any atom is -0.493 e. The first-order chi connectivity index (χ1) is 12.0. The van der Waals surface area contributed by atoms with Crippen molar-refractivity contribution in [2.45, 2.75) is 13.0 Å². The lowest BCUT2D eigenvalue weighted by Crippen LogP contribution is -2.27. The van der Waals surface area contributed by atoms with Crippen molar-refractivity contribution >= 4 is 28.8 Å². The van der Waals surface area contributed by atoms with Gasteiger partial charge in [-0.25, -0.2) is 0 Å². The third kappa shape index (κ3) is 5.71. The number of thiophene rings is 1. The molecule has 1 aromatic carbocycles. The Morgan fingerprint density at radius 1 is 1.24 bits per heavy atom. The quantitative estimate of drug-likeness (QED) is 0.749. The summed E-state index contributed by atoms with van der Waals surface area (Å²) in [6, 6.07) is 5.83. The first-order valence-corrected chi connectivity index (χ1v) is 8.17. The molecule has 2 N–H and O–H groups in total. The molecule has 2 aromatic rings. The molecule has 0 radical (unpaired) electrons. The number of carbonyl (C=O) groups excluding carboxylic acids is 2. The average Bonchev–Trinajstić information content (AvgIpc) is 3.09. The second-order valence-corrected chi connectivity index (χ2v) is 5.59. The first-order valence-electron chi connectivity index (χ1n) is 7.22. The maximum absolute atomic E-state index is 12.4. The van der Waals surface area contributed by atoms with Crippen LogP contribution in [-0.4, -0.2) is 32.1 Å². The Bertz CT molecular complexity index is 723. The number of hydrogen-bond acceptors (Lipinski definition) is 5. The summed E-state index contributed by atoms with van der Waals surface area (Å²) in [5.41, 5.74) is 0.819. The number of benzene rings is 1. The summed E-state index contributed by atoms with van der Waals surface area (Å²) in [5, 5.41) is 8.66. The van der Waals surface area contributed by atoms with E-state index in [9.17, 15) is 18.4 Å². The van der Waals surface area contributed by atoms with Crippen molar-refractivity contribution in [1.29, 1.82) is 0 Å². The fourth-order valence-corrected chi connectivity index (χ4v) is 2.59. The normalized spacial score (nSPS) is 10.4. The smallest absolute Gasteiger partial charge is 0.387 e. The Morgan fingerprint density at radius 2 is 2.04 bits per heavy atom. The van der Waals surface area contributed by atoms with E-state index in [4.69, 9.17) is 4.74 Å². The zero-order chi connectivity index (χ0) is 18.2. The predicted molar refractivity (Wildman–Crippen MR) is 89.5 cm³/mol. The third-order valence-corrected chi connectivity index (χ3v) is 3.77. The molecule has 0 aliphatic heterocycles. The fraction of sp³-hybridized carbons (Fsp3) is 0.250. The summed E-state index contributed by atoms with van der Waals surface area (Å²) < 4.78 is 34.0. The van der Waals surface area contributed by atoms with Gasteiger partial charge < -0.3 is 20.1 Å². The minimum atomic E-state index is -3.01. The van der Waals surface area contributed by atoms with Crippen LogP contribution in [0.3, 0.4) is 0 Å². The molecule has 0 fully saturated rings. The number of halogens is 2. The van der Waals surface area contributed by atoms with Crippen LogP contribution in [-0.2, 0) is 4.79 Å². The van der Waals surface area contributed by atoms with Crippen molar-refractivity contribution in [3.05, 3.63) is 40.6 Å². The summed E-state index contributed by atoms with van der Waals surface area (Å²) in [6.45, 7) is -2.86. The van der Waals surface area contributed by atoms with E-state index in [0.717, 1.165) is 0 Å². The Labute approximate surface area is 146 Å². The van der Waals surface area contributed by atoms with Gasteiger partial charge >= 0.3 is 6.61 Å². The van der Waals surface area contributed by atoms with Gasteiger partial charge in [0.15, 0.2) is 11.5 Å². The number of rotatable bonds is 8. The Kier molecular flexibility index (Phi) is 6.70. The zero-order valence-corrected chi connectivity index (χ0v) is 14.1. The van der Waals surface area contributed by atoms with Gasteiger partial charge in [-0.1, -0.05) is 0 Å². The van der Waals surface area contributed by atoms with E-state index in [1.807, 2.05) is 0 Å². The number of amides is 2. The lowest BCUT2D eigenvalue weighted by atomic mass is 10.2. The van der Waals surface area contributed by atoms with Gasteiger partial charge in [0.1, 0.15) is 0 Å². The average molecular weight is 370 g/mol. The lowest BCUT2D eigenvalue weighted by Gasteiger charge is -2.12. The summed E-state index contributed by atoms with van der Waals surface area (Å²) >= 11 is 1.40. The molecule has 0 unspecified atom stereocenters. The van der Waals surface area contributed by atoms with Gasteiger partial charge in [0.2, 0.25) is 5.91 Å². The summed E-state index contributed by atoms with van der Waals surface area (Å²) in [6.07, 6.45) is 0.0347. The van der Waals surface area contributed by atoms with Crippen LogP contribution in [0.2, 0.25) is 0 Å². The summed E-state index contributed by atoms with van der Waals surface area (Å²) in [4.78, 5) is 23.6. The van der Waals surface area contributed by atoms with E-state index < -0.39 is 6.61 Å². The van der Waals surface area contributed by atoms with Crippen LogP contribution in [0.15, 0.2) is 35.0 Å². The Balaban J connectivity index is 1.86. The number of methoxy groups -OCH3 is 1. The molecule has 1 aromatic heterocycles. The number of ether oxygens (including phenoxy) is 2. The van der Waals surface area contributed by atoms with E-state index in [0.29, 0.717) is 5.56 Å². The Hall–Kier alpha value is -2.68. The molecule has 0 saturated carbocycles. The molecule has 1 heterocycles. The van der Waals surface area contributed by atoms with Gasteiger partial charge in [0.25, 0.3) is 5.91 Å². The number of nitrogens with one attached hydrogen (secondary N) is 2. The zero-order valence-electron chi connectivity index (χ0n) is 13.3. The maximum Gasteiger partial charge on any atom is 0.387 e. The molecular weight excluding hydrogens is 354 g/mol. The molecule has 0 atom stereocenters. The van der Waals surface area contributed by atoms with E-state index in [-0.39, 0.29) is 42.0 Å². The molecule has 0 bridgehead atoms. The van der Waals surface area contributed by atoms with Crippen LogP contribution in [0, 0.1) is 0 Å². The van der Waals surface area contributed by atoms with Crippen LogP contribution in [0.1, 0.15) is 16.8 Å². The van der Waals surface area contributed by atoms with Crippen LogP contribution >= 0.6 is 11.3 Å². The van der Waals surface area contributed by atoms with Crippen molar-refractivity contribution in [2.24, 2.45) is 0 Å². The molecular formula is C16H16F2N2O4S. The van der Waals surface area contributed by atoms with Crippen LogP contribution in [0.5, 0.6) is 11.5 Å². The van der Waals surface area contributed by atoms with E-state index in [2.05, 4.69) is 15.4 Å². The van der Waals surface area contributed by atoms with Crippen LogP contribution in [0.25, 0.3) is 0 Å². The lowest BCUT2D eigenvalue weighted by molar-refractivity contribution is -0.116. The van der Waals surface area contributed by atoms with Gasteiger partial charge in [0, 0.05) is 35.7 Å². The second kappa shape index (κ2) is 8.97. The number of anilines is 1. The van der Waals surface area contributed by atoms with Gasteiger partial charge in [-0.3, -0.25) is 9.59 Å². The van der Waals surface area contributed by atoms with Crippen molar-refractivity contribution in [3.63, 3.8) is 0 Å². The molecule has 6 nitrogen and oxygen atoms in total. The summed E-state index contributed by atoms with van der Waals surface area (Å²) in [7, 11) is 1.32. The number of hydrogen-bond donors (Lipinski definition) is 2. The molecule has 9 heteroatoms. The van der Waals surface area contributed by atoms with Crippen LogP contribution < -0.4 is 20.1 Å². The van der Waals surface area contributed by atoms with Gasteiger partial charge in [-0.05, 0) is 23.6 Å². The predicted octanol–water partition coefficient (Wildman–Crippen LogP) is 3.12. The molecule has 0 spiro atoms. The number of alkyl halides is 2.